The van der Waals surface area contributed by atoms with E-state index in [1.165, 1.54) is 18.9 Å². The first-order chi connectivity index (χ1) is 9.62. The number of hydrogen-bond acceptors (Lipinski definition) is 6. The molecule has 1 aromatic carbocycles. The number of anilines is 2. The molecule has 1 aromatic heterocycles. The Morgan fingerprint density at radius 3 is 2.71 bits per heavy atom. The van der Waals surface area contributed by atoms with Gasteiger partial charge in [0.1, 0.15) is 5.82 Å². The van der Waals surface area contributed by atoms with Gasteiger partial charge in [0.05, 0.1) is 12.7 Å². The molecule has 0 atom stereocenters. The maximum absolute atomic E-state index is 11.5. The van der Waals surface area contributed by atoms with Crippen molar-refractivity contribution in [3.8, 4) is 0 Å². The van der Waals surface area contributed by atoms with Crippen molar-refractivity contribution in [3.05, 3.63) is 41.6 Å². The van der Waals surface area contributed by atoms with Gasteiger partial charge in [0.15, 0.2) is 5.16 Å². The summed E-state index contributed by atoms with van der Waals surface area (Å²) in [6.45, 7) is 1.91. The van der Waals surface area contributed by atoms with Gasteiger partial charge in [0.2, 0.25) is 0 Å². The first kappa shape index (κ1) is 17.3. The van der Waals surface area contributed by atoms with Gasteiger partial charge in [-0.1, -0.05) is 17.8 Å². The molecule has 1 heterocycles. The van der Waals surface area contributed by atoms with Gasteiger partial charge >= 0.3 is 5.97 Å². The predicted octanol–water partition coefficient (Wildman–Crippen LogP) is 0.0411. The Hall–Kier alpha value is -1.79. The Morgan fingerprint density at radius 2 is 2.05 bits per heavy atom. The van der Waals surface area contributed by atoms with Gasteiger partial charge in [0.25, 0.3) is 0 Å². The number of methoxy groups -OCH3 is 1. The number of thioether (sulfide) groups is 1. The second kappa shape index (κ2) is 7.85. The van der Waals surface area contributed by atoms with Gasteiger partial charge in [-0.25, -0.2) is 14.8 Å². The van der Waals surface area contributed by atoms with Crippen molar-refractivity contribution in [2.24, 2.45) is 0 Å². The van der Waals surface area contributed by atoms with Crippen LogP contribution in [0.1, 0.15) is 16.1 Å². The molecule has 0 spiro atoms. The number of nitrogens with zero attached hydrogens (tertiary/aromatic N) is 2. The van der Waals surface area contributed by atoms with Gasteiger partial charge in [-0.2, -0.15) is 0 Å². The average Bonchev–Trinajstić information content (AvgIpc) is 2.46. The standard InChI is InChI=1S/C14H15N3O2S.ClH/c1-9-7-12(17-14(15-9)20-3)16-11-6-4-5-10(8-11)13(18)19-2;/h4-8H,1-3H3,(H,15,16,17);1H/p-1. The lowest BCUT2D eigenvalue weighted by molar-refractivity contribution is -0.0000189. The van der Waals surface area contributed by atoms with Crippen LogP contribution in [0.4, 0.5) is 11.5 Å². The number of esters is 1. The largest absolute Gasteiger partial charge is 1.00 e. The number of carbonyl (C=O) groups is 1. The SMILES string of the molecule is COC(=O)c1cccc(Nc2cc(C)nc(SC)n2)c1.[Cl-]. The Morgan fingerprint density at radius 1 is 1.29 bits per heavy atom. The minimum atomic E-state index is -0.364. The van der Waals surface area contributed by atoms with Gasteiger partial charge in [-0.15, -0.1) is 0 Å². The molecular formula is C14H15ClN3O2S-. The van der Waals surface area contributed by atoms with Crippen LogP contribution in [0.5, 0.6) is 0 Å². The van der Waals surface area contributed by atoms with Crippen LogP contribution in [0, 0.1) is 6.92 Å². The zero-order valence-corrected chi connectivity index (χ0v) is 13.5. The van der Waals surface area contributed by atoms with E-state index >= 15 is 0 Å². The molecule has 0 aliphatic heterocycles. The lowest BCUT2D eigenvalue weighted by Crippen LogP contribution is -3.00. The minimum absolute atomic E-state index is 0. The maximum Gasteiger partial charge on any atom is 0.337 e. The summed E-state index contributed by atoms with van der Waals surface area (Å²) in [4.78, 5) is 20.2. The first-order valence-electron chi connectivity index (χ1n) is 5.97. The van der Waals surface area contributed by atoms with E-state index in [-0.39, 0.29) is 18.4 Å². The van der Waals surface area contributed by atoms with Gasteiger partial charge in [-0.05, 0) is 31.4 Å². The number of ether oxygens (including phenoxy) is 1. The number of nitrogens with one attached hydrogen (secondary N) is 1. The molecular weight excluding hydrogens is 310 g/mol. The maximum atomic E-state index is 11.5. The summed E-state index contributed by atoms with van der Waals surface area (Å²) in [6.07, 6.45) is 1.93. The van der Waals surface area contributed by atoms with Crippen molar-refractivity contribution in [3.63, 3.8) is 0 Å². The fraction of sp³-hybridized carbons (Fsp3) is 0.214. The van der Waals surface area contributed by atoms with E-state index in [2.05, 4.69) is 15.3 Å². The van der Waals surface area contributed by atoms with E-state index < -0.39 is 0 Å². The smallest absolute Gasteiger partial charge is 0.337 e. The van der Waals surface area contributed by atoms with Crippen LogP contribution in [0.2, 0.25) is 0 Å². The molecule has 0 aliphatic rings. The van der Waals surface area contributed by atoms with Gasteiger partial charge < -0.3 is 22.5 Å². The predicted molar refractivity (Wildman–Crippen MR) is 79.6 cm³/mol. The Balaban J connectivity index is 0.00000220. The van der Waals surface area contributed by atoms with Crippen LogP contribution in [0.15, 0.2) is 35.5 Å². The number of halogens is 1. The summed E-state index contributed by atoms with van der Waals surface area (Å²) >= 11 is 1.48. The van der Waals surface area contributed by atoms with E-state index in [1.807, 2.05) is 25.3 Å². The highest BCUT2D eigenvalue weighted by Gasteiger charge is 2.07. The van der Waals surface area contributed by atoms with Crippen LogP contribution in [0.3, 0.4) is 0 Å². The molecule has 0 bridgehead atoms. The second-order valence-corrected chi connectivity index (χ2v) is 4.85. The fourth-order valence-corrected chi connectivity index (χ4v) is 2.11. The molecule has 5 nitrogen and oxygen atoms in total. The van der Waals surface area contributed by atoms with E-state index in [1.54, 1.807) is 18.2 Å². The van der Waals surface area contributed by atoms with Crippen LogP contribution < -0.4 is 17.7 Å². The topological polar surface area (TPSA) is 64.1 Å². The summed E-state index contributed by atoms with van der Waals surface area (Å²) in [6, 6.07) is 8.93. The molecule has 0 aliphatic carbocycles. The van der Waals surface area contributed by atoms with E-state index in [4.69, 9.17) is 4.74 Å². The van der Waals surface area contributed by atoms with Crippen LogP contribution in [0.25, 0.3) is 0 Å². The molecule has 1 N–H and O–H groups in total. The summed E-state index contributed by atoms with van der Waals surface area (Å²) in [7, 11) is 1.36. The molecule has 112 valence electrons. The number of hydrogen-bond donors (Lipinski definition) is 1. The molecule has 2 aromatic rings. The Labute approximate surface area is 133 Å². The highest BCUT2D eigenvalue weighted by molar-refractivity contribution is 7.98. The summed E-state index contributed by atoms with van der Waals surface area (Å²) in [5.74, 6) is 0.334. The average molecular weight is 325 g/mol. The van der Waals surface area contributed by atoms with Crippen molar-refractivity contribution in [2.45, 2.75) is 12.1 Å². The summed E-state index contributed by atoms with van der Waals surface area (Å²) in [5.41, 5.74) is 2.15. The highest BCUT2D eigenvalue weighted by Crippen LogP contribution is 2.19. The number of benzene rings is 1. The third-order valence-corrected chi connectivity index (χ3v) is 3.12. The third-order valence-electron chi connectivity index (χ3n) is 2.57. The van der Waals surface area contributed by atoms with Crippen molar-refractivity contribution >= 4 is 29.2 Å². The van der Waals surface area contributed by atoms with E-state index in [0.29, 0.717) is 16.5 Å². The Bertz CT molecular complexity index is 637. The summed E-state index contributed by atoms with van der Waals surface area (Å²) in [5, 5.41) is 3.87. The molecule has 7 heteroatoms. The molecule has 0 fully saturated rings. The van der Waals surface area contributed by atoms with Gasteiger partial charge in [0, 0.05) is 17.4 Å². The molecule has 2 rings (SSSR count). The molecule has 0 saturated heterocycles. The minimum Gasteiger partial charge on any atom is -1.00 e. The van der Waals surface area contributed by atoms with Crippen molar-refractivity contribution in [2.75, 3.05) is 18.7 Å². The molecule has 0 unspecified atom stereocenters. The number of rotatable bonds is 4. The van der Waals surface area contributed by atoms with Crippen molar-refractivity contribution in [1.82, 2.24) is 9.97 Å². The quantitative estimate of drug-likeness (QED) is 0.487. The number of aryl methyl sites for hydroxylation is 1. The number of aromatic nitrogens is 2. The lowest BCUT2D eigenvalue weighted by atomic mass is 10.2. The van der Waals surface area contributed by atoms with E-state index in [0.717, 1.165) is 11.4 Å². The van der Waals surface area contributed by atoms with Crippen LogP contribution >= 0.6 is 11.8 Å². The highest BCUT2D eigenvalue weighted by atomic mass is 35.5. The van der Waals surface area contributed by atoms with E-state index in [9.17, 15) is 4.79 Å². The fourth-order valence-electron chi connectivity index (χ4n) is 1.69. The zero-order chi connectivity index (χ0) is 14.5. The lowest BCUT2D eigenvalue weighted by Gasteiger charge is -2.08. The van der Waals surface area contributed by atoms with Crippen LogP contribution in [-0.4, -0.2) is 29.3 Å². The van der Waals surface area contributed by atoms with Crippen LogP contribution in [-0.2, 0) is 4.74 Å². The number of carbonyl (C=O) groups excluding carboxylic acids is 1. The van der Waals surface area contributed by atoms with Crippen molar-refractivity contribution in [1.29, 1.82) is 0 Å². The van der Waals surface area contributed by atoms with Crippen molar-refractivity contribution < 1.29 is 21.9 Å². The molecule has 0 saturated carbocycles. The second-order valence-electron chi connectivity index (χ2n) is 4.08. The van der Waals surface area contributed by atoms with Gasteiger partial charge in [-0.3, -0.25) is 0 Å². The monoisotopic (exact) mass is 324 g/mol. The first-order valence-corrected chi connectivity index (χ1v) is 7.20. The molecule has 21 heavy (non-hydrogen) atoms. The molecule has 0 radical (unpaired) electrons. The zero-order valence-electron chi connectivity index (χ0n) is 11.9. The molecule has 0 amide bonds. The Kier molecular flexibility index (Phi) is 6.45. The summed E-state index contributed by atoms with van der Waals surface area (Å²) < 4.78 is 4.70. The normalized spacial score (nSPS) is 9.67. The third kappa shape index (κ3) is 4.61.